The van der Waals surface area contributed by atoms with Gasteiger partial charge in [0.2, 0.25) is 5.88 Å². The Labute approximate surface area is 204 Å². The first-order valence-corrected chi connectivity index (χ1v) is 11.7. The van der Waals surface area contributed by atoms with Crippen LogP contribution in [0.3, 0.4) is 0 Å². The van der Waals surface area contributed by atoms with Gasteiger partial charge in [-0.1, -0.05) is 12.1 Å². The normalized spacial score (nSPS) is 13.2. The van der Waals surface area contributed by atoms with Gasteiger partial charge in [0, 0.05) is 35.6 Å². The lowest BCUT2D eigenvalue weighted by Crippen LogP contribution is -2.24. The molecule has 8 heteroatoms. The fourth-order valence-electron chi connectivity index (χ4n) is 3.86. The van der Waals surface area contributed by atoms with Crippen LogP contribution in [0.25, 0.3) is 0 Å². The number of carbonyl (C=O) groups is 2. The first kappa shape index (κ1) is 24.1. The lowest BCUT2D eigenvalue weighted by atomic mass is 10.2. The molecule has 182 valence electrons. The molecule has 1 saturated carbocycles. The SMILES string of the molecule is COc1cccc(NC(=O)COc2ccc(C(=O)NCc3cccnc3OC3CCCC3)cc2)c1. The molecule has 1 aliphatic carbocycles. The maximum Gasteiger partial charge on any atom is 0.262 e. The molecule has 0 atom stereocenters. The van der Waals surface area contributed by atoms with E-state index in [1.54, 1.807) is 61.8 Å². The quantitative estimate of drug-likeness (QED) is 0.452. The average Bonchev–Trinajstić information content (AvgIpc) is 3.40. The summed E-state index contributed by atoms with van der Waals surface area (Å²) < 4.78 is 16.7. The zero-order valence-electron chi connectivity index (χ0n) is 19.7. The Morgan fingerprint density at radius 2 is 1.80 bits per heavy atom. The molecule has 2 amide bonds. The predicted octanol–water partition coefficient (Wildman–Crippen LogP) is 4.36. The van der Waals surface area contributed by atoms with Crippen molar-refractivity contribution >= 4 is 17.5 Å². The van der Waals surface area contributed by atoms with Crippen molar-refractivity contribution in [2.75, 3.05) is 19.0 Å². The van der Waals surface area contributed by atoms with Crippen molar-refractivity contribution in [1.82, 2.24) is 10.3 Å². The molecule has 4 rings (SSSR count). The van der Waals surface area contributed by atoms with Crippen LogP contribution >= 0.6 is 0 Å². The van der Waals surface area contributed by atoms with Crippen LogP contribution in [0.2, 0.25) is 0 Å². The van der Waals surface area contributed by atoms with Crippen molar-refractivity contribution in [3.63, 3.8) is 0 Å². The summed E-state index contributed by atoms with van der Waals surface area (Å²) in [6.45, 7) is 0.158. The summed E-state index contributed by atoms with van der Waals surface area (Å²) in [5, 5.41) is 5.67. The number of hydrogen-bond donors (Lipinski definition) is 2. The second kappa shape index (κ2) is 11.9. The second-order valence-electron chi connectivity index (χ2n) is 8.27. The Bertz CT molecular complexity index is 1140. The number of benzene rings is 2. The average molecular weight is 476 g/mol. The maximum absolute atomic E-state index is 12.6. The number of aromatic nitrogens is 1. The van der Waals surface area contributed by atoms with E-state index in [2.05, 4.69) is 15.6 Å². The van der Waals surface area contributed by atoms with E-state index >= 15 is 0 Å². The molecule has 1 heterocycles. The minimum atomic E-state index is -0.299. The van der Waals surface area contributed by atoms with E-state index in [1.807, 2.05) is 12.1 Å². The minimum Gasteiger partial charge on any atom is -0.497 e. The van der Waals surface area contributed by atoms with Gasteiger partial charge >= 0.3 is 0 Å². The van der Waals surface area contributed by atoms with Gasteiger partial charge in [-0.15, -0.1) is 0 Å². The molecule has 0 radical (unpaired) electrons. The van der Waals surface area contributed by atoms with E-state index < -0.39 is 0 Å². The zero-order chi connectivity index (χ0) is 24.5. The van der Waals surface area contributed by atoms with E-state index in [0.717, 1.165) is 18.4 Å². The third-order valence-corrected chi connectivity index (χ3v) is 5.71. The molecule has 3 aromatic rings. The highest BCUT2D eigenvalue weighted by atomic mass is 16.5. The van der Waals surface area contributed by atoms with Gasteiger partial charge in [0.15, 0.2) is 6.61 Å². The van der Waals surface area contributed by atoms with Gasteiger partial charge in [0.1, 0.15) is 17.6 Å². The Morgan fingerprint density at radius 1 is 1.00 bits per heavy atom. The van der Waals surface area contributed by atoms with Crippen LogP contribution in [-0.4, -0.2) is 36.6 Å². The van der Waals surface area contributed by atoms with Gasteiger partial charge in [0.05, 0.1) is 7.11 Å². The number of nitrogens with zero attached hydrogens (tertiary/aromatic N) is 1. The van der Waals surface area contributed by atoms with Crippen molar-refractivity contribution in [3.05, 3.63) is 78.0 Å². The van der Waals surface area contributed by atoms with Crippen LogP contribution in [0.15, 0.2) is 66.9 Å². The van der Waals surface area contributed by atoms with Crippen LogP contribution in [0.4, 0.5) is 5.69 Å². The van der Waals surface area contributed by atoms with Crippen LogP contribution < -0.4 is 24.8 Å². The van der Waals surface area contributed by atoms with Gasteiger partial charge in [-0.3, -0.25) is 9.59 Å². The van der Waals surface area contributed by atoms with Gasteiger partial charge < -0.3 is 24.8 Å². The van der Waals surface area contributed by atoms with E-state index in [0.29, 0.717) is 35.2 Å². The molecule has 1 fully saturated rings. The van der Waals surface area contributed by atoms with Crippen molar-refractivity contribution < 1.29 is 23.8 Å². The number of rotatable bonds is 10. The number of methoxy groups -OCH3 is 1. The van der Waals surface area contributed by atoms with E-state index in [1.165, 1.54) is 12.8 Å². The van der Waals surface area contributed by atoms with Crippen molar-refractivity contribution in [1.29, 1.82) is 0 Å². The number of carbonyl (C=O) groups excluding carboxylic acids is 2. The Morgan fingerprint density at radius 3 is 2.57 bits per heavy atom. The van der Waals surface area contributed by atoms with Crippen molar-refractivity contribution in [3.8, 4) is 17.4 Å². The molecule has 2 aromatic carbocycles. The highest BCUT2D eigenvalue weighted by molar-refractivity contribution is 5.94. The summed E-state index contributed by atoms with van der Waals surface area (Å²) in [5.41, 5.74) is 1.95. The molecular weight excluding hydrogens is 446 g/mol. The molecule has 0 saturated heterocycles. The number of hydrogen-bond acceptors (Lipinski definition) is 6. The van der Waals surface area contributed by atoms with Crippen molar-refractivity contribution in [2.45, 2.75) is 38.3 Å². The Balaban J connectivity index is 1.25. The zero-order valence-corrected chi connectivity index (χ0v) is 19.7. The summed E-state index contributed by atoms with van der Waals surface area (Å²) >= 11 is 0. The standard InChI is InChI=1S/C27H29N3O5/c1-33-24-10-4-7-21(16-24)30-25(31)18-34-22-13-11-19(12-14-22)26(32)29-17-20-6-5-15-28-27(20)35-23-8-2-3-9-23/h4-7,10-16,23H,2-3,8-9,17-18H2,1H3,(H,29,32)(H,30,31). The third kappa shape index (κ3) is 6.96. The monoisotopic (exact) mass is 475 g/mol. The molecule has 0 unspecified atom stereocenters. The first-order valence-electron chi connectivity index (χ1n) is 11.7. The number of nitrogens with one attached hydrogen (secondary N) is 2. The molecule has 0 spiro atoms. The lowest BCUT2D eigenvalue weighted by Gasteiger charge is -2.15. The molecular formula is C27H29N3O5. The Hall–Kier alpha value is -4.07. The molecule has 1 aliphatic rings. The highest BCUT2D eigenvalue weighted by Gasteiger charge is 2.19. The van der Waals surface area contributed by atoms with E-state index in [9.17, 15) is 9.59 Å². The van der Waals surface area contributed by atoms with Gasteiger partial charge in [0.25, 0.3) is 11.8 Å². The second-order valence-corrected chi connectivity index (χ2v) is 8.27. The number of ether oxygens (including phenoxy) is 3. The highest BCUT2D eigenvalue weighted by Crippen LogP contribution is 2.25. The summed E-state index contributed by atoms with van der Waals surface area (Å²) in [5.74, 6) is 1.20. The largest absolute Gasteiger partial charge is 0.497 e. The number of amides is 2. The summed E-state index contributed by atoms with van der Waals surface area (Å²) in [6, 6.07) is 17.4. The van der Waals surface area contributed by atoms with Crippen LogP contribution in [-0.2, 0) is 11.3 Å². The molecule has 8 nitrogen and oxygen atoms in total. The molecule has 1 aromatic heterocycles. The summed E-state index contributed by atoms with van der Waals surface area (Å²) in [4.78, 5) is 29.1. The maximum atomic E-state index is 12.6. The van der Waals surface area contributed by atoms with Crippen LogP contribution in [0, 0.1) is 0 Å². The molecule has 35 heavy (non-hydrogen) atoms. The number of pyridine rings is 1. The lowest BCUT2D eigenvalue weighted by molar-refractivity contribution is -0.118. The van der Waals surface area contributed by atoms with E-state index in [4.69, 9.17) is 14.2 Å². The molecule has 2 N–H and O–H groups in total. The third-order valence-electron chi connectivity index (χ3n) is 5.71. The fraction of sp³-hybridized carbons (Fsp3) is 0.296. The smallest absolute Gasteiger partial charge is 0.262 e. The summed E-state index contributed by atoms with van der Waals surface area (Å²) in [6.07, 6.45) is 6.33. The van der Waals surface area contributed by atoms with Gasteiger partial charge in [-0.2, -0.15) is 0 Å². The van der Waals surface area contributed by atoms with Crippen LogP contribution in [0.5, 0.6) is 17.4 Å². The first-order chi connectivity index (χ1) is 17.1. The Kier molecular flexibility index (Phi) is 8.17. The predicted molar refractivity (Wildman–Crippen MR) is 132 cm³/mol. The minimum absolute atomic E-state index is 0.159. The van der Waals surface area contributed by atoms with Crippen molar-refractivity contribution in [2.24, 2.45) is 0 Å². The summed E-state index contributed by atoms with van der Waals surface area (Å²) in [7, 11) is 1.57. The molecule has 0 bridgehead atoms. The van der Waals surface area contributed by atoms with Gasteiger partial charge in [-0.05, 0) is 68.1 Å². The number of anilines is 1. The van der Waals surface area contributed by atoms with Gasteiger partial charge in [-0.25, -0.2) is 4.98 Å². The fourth-order valence-corrected chi connectivity index (χ4v) is 3.86. The topological polar surface area (TPSA) is 98.8 Å². The van der Waals surface area contributed by atoms with Crippen LogP contribution in [0.1, 0.15) is 41.6 Å². The van der Waals surface area contributed by atoms with E-state index in [-0.39, 0.29) is 24.5 Å². The molecule has 0 aliphatic heterocycles.